The van der Waals surface area contributed by atoms with Crippen LogP contribution < -0.4 is 9.46 Å². The number of hydrogen-bond acceptors (Lipinski definition) is 4. The van der Waals surface area contributed by atoms with Crippen LogP contribution >= 0.6 is 11.9 Å². The number of likely N-dealkylation sites (tertiary alicyclic amines) is 1. The Bertz CT molecular complexity index is 1170. The molecule has 4 nitrogen and oxygen atoms in total. The van der Waals surface area contributed by atoms with Gasteiger partial charge in [-0.05, 0) is 66.5 Å². The van der Waals surface area contributed by atoms with Crippen LogP contribution in [-0.4, -0.2) is 36.3 Å². The summed E-state index contributed by atoms with van der Waals surface area (Å²) in [5, 5.41) is 0. The minimum absolute atomic E-state index is 0.00937. The fraction of sp³-hybridized carbons (Fsp3) is 0.345. The summed E-state index contributed by atoms with van der Waals surface area (Å²) in [5.74, 6) is 0.0340. The van der Waals surface area contributed by atoms with Crippen LogP contribution in [0.2, 0.25) is 0 Å². The van der Waals surface area contributed by atoms with E-state index < -0.39 is 11.7 Å². The van der Waals surface area contributed by atoms with Gasteiger partial charge in [-0.1, -0.05) is 66.5 Å². The van der Waals surface area contributed by atoms with E-state index in [1.807, 2.05) is 6.07 Å². The van der Waals surface area contributed by atoms with Crippen molar-refractivity contribution in [3.05, 3.63) is 89.2 Å². The molecule has 1 N–H and O–H groups in total. The fourth-order valence-electron chi connectivity index (χ4n) is 4.83. The first kappa shape index (κ1) is 23.9. The van der Waals surface area contributed by atoms with Crippen LogP contribution in [0.1, 0.15) is 53.1 Å². The predicted molar refractivity (Wildman–Crippen MR) is 140 cm³/mol. The number of benzene rings is 3. The average Bonchev–Trinajstić information content (AvgIpc) is 3.71. The molecule has 1 aliphatic carbocycles. The molecule has 6 heteroatoms. The summed E-state index contributed by atoms with van der Waals surface area (Å²) in [5.41, 5.74) is 4.78. The first-order chi connectivity index (χ1) is 17.1. The minimum atomic E-state index is -0.526. The van der Waals surface area contributed by atoms with E-state index >= 15 is 0 Å². The monoisotopic (exact) mass is 490 g/mol. The van der Waals surface area contributed by atoms with E-state index in [1.165, 1.54) is 34.7 Å². The summed E-state index contributed by atoms with van der Waals surface area (Å²) >= 11 is 1.17. The largest absolute Gasteiger partial charge is 0.489 e. The van der Waals surface area contributed by atoms with E-state index in [9.17, 15) is 9.18 Å². The molecule has 1 unspecified atom stereocenters. The van der Waals surface area contributed by atoms with Gasteiger partial charge in [0.25, 0.3) is 5.91 Å². The molecule has 2 aliphatic rings. The predicted octanol–water partition coefficient (Wildman–Crippen LogP) is 6.42. The van der Waals surface area contributed by atoms with Crippen molar-refractivity contribution in [1.82, 2.24) is 9.62 Å². The van der Waals surface area contributed by atoms with Crippen molar-refractivity contribution in [3.63, 3.8) is 0 Å². The Kier molecular flexibility index (Phi) is 7.40. The van der Waals surface area contributed by atoms with Gasteiger partial charge in [0, 0.05) is 25.4 Å². The van der Waals surface area contributed by atoms with Crippen LogP contribution in [0.4, 0.5) is 4.39 Å². The van der Waals surface area contributed by atoms with Gasteiger partial charge in [-0.15, -0.1) is 0 Å². The minimum Gasteiger partial charge on any atom is -0.489 e. The number of piperidine rings is 1. The number of amides is 1. The highest BCUT2D eigenvalue weighted by molar-refractivity contribution is 7.97. The van der Waals surface area contributed by atoms with Crippen molar-refractivity contribution in [2.24, 2.45) is 0 Å². The van der Waals surface area contributed by atoms with Crippen LogP contribution in [0.5, 0.6) is 5.75 Å². The summed E-state index contributed by atoms with van der Waals surface area (Å²) in [4.78, 5) is 14.7. The zero-order valence-electron chi connectivity index (χ0n) is 20.0. The van der Waals surface area contributed by atoms with Crippen molar-refractivity contribution in [3.8, 4) is 16.9 Å². The SMILES string of the molecule is CSNC(=O)c1cc(C2CC2)c(OC2CCCN(Cc3ccc(-c4ccccc4)cc3)C2)cc1F. The standard InChI is InChI=1S/C29H31FN2O2S/c1-35-31-29(33)26-16-25(23-13-14-23)28(17-27(26)30)34-24-8-5-15-32(19-24)18-20-9-11-22(12-10-20)21-6-3-2-4-7-21/h2-4,6-7,9-12,16-17,23-24H,5,8,13-15,18-19H2,1H3,(H,31,33). The van der Waals surface area contributed by atoms with E-state index in [2.05, 4.69) is 58.2 Å². The summed E-state index contributed by atoms with van der Waals surface area (Å²) in [6.07, 6.45) is 5.87. The summed E-state index contributed by atoms with van der Waals surface area (Å²) in [6, 6.07) is 22.3. The second kappa shape index (κ2) is 10.8. The van der Waals surface area contributed by atoms with E-state index in [4.69, 9.17) is 4.74 Å². The normalized spacial score (nSPS) is 18.3. The third-order valence-electron chi connectivity index (χ3n) is 6.78. The number of nitrogens with zero attached hydrogens (tertiary/aromatic N) is 1. The zero-order valence-corrected chi connectivity index (χ0v) is 20.8. The number of rotatable bonds is 8. The molecule has 2 fully saturated rings. The molecule has 3 aromatic rings. The molecule has 1 saturated carbocycles. The first-order valence-electron chi connectivity index (χ1n) is 12.3. The molecule has 1 amide bonds. The molecule has 0 aromatic heterocycles. The van der Waals surface area contributed by atoms with Gasteiger partial charge in [0.2, 0.25) is 0 Å². The molecule has 1 heterocycles. The van der Waals surface area contributed by atoms with Gasteiger partial charge in [0.05, 0.1) is 5.56 Å². The smallest absolute Gasteiger partial charge is 0.264 e. The van der Waals surface area contributed by atoms with Gasteiger partial charge in [0.15, 0.2) is 0 Å². The lowest BCUT2D eigenvalue weighted by Crippen LogP contribution is -2.40. The maximum atomic E-state index is 14.8. The van der Waals surface area contributed by atoms with Crippen LogP contribution in [0.15, 0.2) is 66.7 Å². The quantitative estimate of drug-likeness (QED) is 0.370. The number of carbonyl (C=O) groups excluding carboxylic acids is 1. The van der Waals surface area contributed by atoms with Gasteiger partial charge >= 0.3 is 0 Å². The summed E-state index contributed by atoms with van der Waals surface area (Å²) in [6.45, 7) is 2.70. The lowest BCUT2D eigenvalue weighted by atomic mass is 10.0. The molecule has 1 aliphatic heterocycles. The van der Waals surface area contributed by atoms with Gasteiger partial charge in [-0.2, -0.15) is 0 Å². The third-order valence-corrected chi connectivity index (χ3v) is 7.17. The molecule has 0 radical (unpaired) electrons. The lowest BCUT2D eigenvalue weighted by Gasteiger charge is -2.33. The van der Waals surface area contributed by atoms with E-state index in [0.29, 0.717) is 11.7 Å². The van der Waals surface area contributed by atoms with E-state index in [-0.39, 0.29) is 11.7 Å². The molecular weight excluding hydrogens is 459 g/mol. The van der Waals surface area contributed by atoms with E-state index in [0.717, 1.165) is 50.9 Å². The zero-order chi connectivity index (χ0) is 24.2. The van der Waals surface area contributed by atoms with E-state index in [1.54, 1.807) is 12.3 Å². The Morgan fingerprint density at radius 3 is 2.51 bits per heavy atom. The van der Waals surface area contributed by atoms with Gasteiger partial charge in [0.1, 0.15) is 17.7 Å². The molecule has 1 saturated heterocycles. The molecular formula is C29H31FN2O2S. The molecule has 3 aromatic carbocycles. The van der Waals surface area contributed by atoms with Crippen LogP contribution in [0.25, 0.3) is 11.1 Å². The Hall–Kier alpha value is -2.83. The third kappa shape index (κ3) is 5.88. The van der Waals surface area contributed by atoms with Crippen molar-refractivity contribution < 1.29 is 13.9 Å². The molecule has 0 bridgehead atoms. The Labute approximate surface area is 211 Å². The molecule has 35 heavy (non-hydrogen) atoms. The Morgan fingerprint density at radius 1 is 1.06 bits per heavy atom. The van der Waals surface area contributed by atoms with Gasteiger partial charge in [-0.3, -0.25) is 14.4 Å². The highest BCUT2D eigenvalue weighted by Gasteiger charge is 2.31. The highest BCUT2D eigenvalue weighted by atomic mass is 32.2. The summed E-state index contributed by atoms with van der Waals surface area (Å²) in [7, 11) is 0. The lowest BCUT2D eigenvalue weighted by molar-refractivity contribution is 0.0832. The van der Waals surface area contributed by atoms with Crippen molar-refractivity contribution in [1.29, 1.82) is 0 Å². The molecule has 5 rings (SSSR count). The number of ether oxygens (including phenoxy) is 1. The fourth-order valence-corrected chi connectivity index (χ4v) is 5.13. The number of nitrogens with one attached hydrogen (secondary N) is 1. The topological polar surface area (TPSA) is 41.6 Å². The van der Waals surface area contributed by atoms with Crippen LogP contribution in [0.3, 0.4) is 0 Å². The maximum Gasteiger partial charge on any atom is 0.264 e. The second-order valence-electron chi connectivity index (χ2n) is 9.46. The number of halogens is 1. The number of hydrogen-bond donors (Lipinski definition) is 1. The highest BCUT2D eigenvalue weighted by Crippen LogP contribution is 2.45. The van der Waals surface area contributed by atoms with Crippen molar-refractivity contribution in [2.45, 2.75) is 44.2 Å². The maximum absolute atomic E-state index is 14.8. The molecule has 0 spiro atoms. The van der Waals surface area contributed by atoms with Crippen LogP contribution in [0, 0.1) is 5.82 Å². The van der Waals surface area contributed by atoms with Gasteiger partial charge in [-0.25, -0.2) is 4.39 Å². The van der Waals surface area contributed by atoms with Gasteiger partial charge < -0.3 is 4.74 Å². The summed E-state index contributed by atoms with van der Waals surface area (Å²) < 4.78 is 23.8. The van der Waals surface area contributed by atoms with Crippen LogP contribution in [-0.2, 0) is 6.54 Å². The average molecular weight is 491 g/mol. The molecule has 1 atom stereocenters. The first-order valence-corrected chi connectivity index (χ1v) is 13.5. The number of carbonyl (C=O) groups is 1. The van der Waals surface area contributed by atoms with Crippen molar-refractivity contribution >= 4 is 17.9 Å². The Balaban J connectivity index is 1.25. The molecule has 182 valence electrons. The van der Waals surface area contributed by atoms with Crippen molar-refractivity contribution in [2.75, 3.05) is 19.3 Å². The Morgan fingerprint density at radius 2 is 1.80 bits per heavy atom. The second-order valence-corrected chi connectivity index (χ2v) is 10.1.